The molecule has 0 spiro atoms. The number of rotatable bonds is 5. The highest BCUT2D eigenvalue weighted by Crippen LogP contribution is 2.32. The molecule has 0 saturated carbocycles. The molecule has 1 aromatic carbocycles. The molecule has 0 amide bonds. The molecule has 34 heavy (non-hydrogen) atoms. The molecule has 176 valence electrons. The summed E-state index contributed by atoms with van der Waals surface area (Å²) in [6.45, 7) is 8.40. The predicted molar refractivity (Wildman–Crippen MR) is 135 cm³/mol. The molecule has 5 rings (SSSR count). The first-order valence-electron chi connectivity index (χ1n) is 11.7. The van der Waals surface area contributed by atoms with Crippen LogP contribution in [0.15, 0.2) is 40.6 Å². The van der Waals surface area contributed by atoms with Gasteiger partial charge in [-0.2, -0.15) is 10.4 Å². The largest absolute Gasteiger partial charge is 0.351 e. The van der Waals surface area contributed by atoms with Gasteiger partial charge in [0.2, 0.25) is 0 Å². The summed E-state index contributed by atoms with van der Waals surface area (Å²) < 4.78 is 4.64. The van der Waals surface area contributed by atoms with Gasteiger partial charge in [-0.25, -0.2) is 9.50 Å². The van der Waals surface area contributed by atoms with Crippen LogP contribution in [0, 0.1) is 11.3 Å². The van der Waals surface area contributed by atoms with Crippen molar-refractivity contribution in [2.75, 3.05) is 18.0 Å². The van der Waals surface area contributed by atoms with Crippen molar-refractivity contribution in [2.24, 2.45) is 7.05 Å². The second-order valence-electron chi connectivity index (χ2n) is 9.16. The minimum atomic E-state index is -0.0696. The number of hydrogen-bond acceptors (Lipinski definition) is 7. The van der Waals surface area contributed by atoms with E-state index in [1.807, 2.05) is 16.1 Å². The molecule has 1 aliphatic heterocycles. The number of benzene rings is 1. The van der Waals surface area contributed by atoms with E-state index in [-0.39, 0.29) is 24.1 Å². The van der Waals surface area contributed by atoms with Gasteiger partial charge in [0.15, 0.2) is 0 Å². The Bertz CT molecular complexity index is 1450. The van der Waals surface area contributed by atoms with Gasteiger partial charge in [-0.05, 0) is 38.0 Å². The summed E-state index contributed by atoms with van der Waals surface area (Å²) in [5.74, 6) is 0.798. The third kappa shape index (κ3) is 3.77. The van der Waals surface area contributed by atoms with Crippen LogP contribution in [0.3, 0.4) is 0 Å². The molecular weight excluding hydrogens is 446 g/mol. The molecule has 1 aliphatic rings. The predicted octanol–water partition coefficient (Wildman–Crippen LogP) is 3.76. The molecule has 0 bridgehead atoms. The molecule has 0 unspecified atom stereocenters. The first kappa shape index (κ1) is 22.6. The van der Waals surface area contributed by atoms with E-state index in [1.54, 1.807) is 29.0 Å². The average molecular weight is 476 g/mol. The quantitative estimate of drug-likeness (QED) is 0.437. The van der Waals surface area contributed by atoms with E-state index < -0.39 is 0 Å². The zero-order chi connectivity index (χ0) is 24.0. The van der Waals surface area contributed by atoms with Crippen LogP contribution in [0.25, 0.3) is 15.9 Å². The molecule has 1 fully saturated rings. The zero-order valence-corrected chi connectivity index (χ0v) is 20.8. The summed E-state index contributed by atoms with van der Waals surface area (Å²) in [6.07, 6.45) is 1.22. The van der Waals surface area contributed by atoms with Gasteiger partial charge in [0.05, 0.1) is 33.9 Å². The number of nitrogens with zero attached hydrogens (tertiary/aromatic N) is 7. The molecule has 4 heterocycles. The van der Waals surface area contributed by atoms with Gasteiger partial charge < -0.3 is 4.90 Å². The first-order valence-corrected chi connectivity index (χ1v) is 12.6. The highest BCUT2D eigenvalue weighted by molar-refractivity contribution is 7.16. The highest BCUT2D eigenvalue weighted by atomic mass is 32.1. The van der Waals surface area contributed by atoms with Crippen molar-refractivity contribution in [3.63, 3.8) is 0 Å². The molecule has 0 radical (unpaired) electrons. The molecule has 8 nitrogen and oxygen atoms in total. The van der Waals surface area contributed by atoms with Crippen molar-refractivity contribution in [3.8, 4) is 6.07 Å². The summed E-state index contributed by atoms with van der Waals surface area (Å²) >= 11 is 1.68. The molecular formula is C25H29N7OS. The van der Waals surface area contributed by atoms with E-state index in [4.69, 9.17) is 5.26 Å². The fraction of sp³-hybridized carbons (Fsp3) is 0.440. The molecule has 0 aliphatic carbocycles. The summed E-state index contributed by atoms with van der Waals surface area (Å²) in [4.78, 5) is 22.1. The van der Waals surface area contributed by atoms with E-state index in [1.165, 1.54) is 10.3 Å². The van der Waals surface area contributed by atoms with E-state index in [0.717, 1.165) is 30.8 Å². The smallest absolute Gasteiger partial charge is 0.255 e. The minimum Gasteiger partial charge on any atom is -0.351 e. The molecule has 3 atom stereocenters. The third-order valence-corrected chi connectivity index (χ3v) is 7.92. The summed E-state index contributed by atoms with van der Waals surface area (Å²) in [7, 11) is 1.75. The molecule has 4 aromatic rings. The van der Waals surface area contributed by atoms with Crippen LogP contribution in [0.2, 0.25) is 0 Å². The Morgan fingerprint density at radius 2 is 2.09 bits per heavy atom. The Kier molecular flexibility index (Phi) is 5.88. The number of thiazole rings is 1. The Labute approximate surface area is 202 Å². The van der Waals surface area contributed by atoms with Gasteiger partial charge >= 0.3 is 0 Å². The number of aromatic nitrogens is 4. The van der Waals surface area contributed by atoms with Crippen molar-refractivity contribution in [1.29, 1.82) is 5.26 Å². The van der Waals surface area contributed by atoms with Crippen LogP contribution in [0.1, 0.15) is 44.5 Å². The molecule has 0 N–H and O–H groups in total. The molecule has 1 saturated heterocycles. The lowest BCUT2D eigenvalue weighted by molar-refractivity contribution is 0.105. The highest BCUT2D eigenvalue weighted by Gasteiger charge is 2.35. The lowest BCUT2D eigenvalue weighted by Gasteiger charge is -2.48. The first-order chi connectivity index (χ1) is 16.4. The van der Waals surface area contributed by atoms with E-state index in [9.17, 15) is 4.79 Å². The van der Waals surface area contributed by atoms with Crippen LogP contribution >= 0.6 is 11.3 Å². The second kappa shape index (κ2) is 8.85. The van der Waals surface area contributed by atoms with Gasteiger partial charge in [0.25, 0.3) is 5.56 Å². The third-order valence-electron chi connectivity index (χ3n) is 7.13. The van der Waals surface area contributed by atoms with Crippen LogP contribution in [-0.4, -0.2) is 49.2 Å². The van der Waals surface area contributed by atoms with Gasteiger partial charge in [0, 0.05) is 50.4 Å². The fourth-order valence-corrected chi connectivity index (χ4v) is 5.85. The van der Waals surface area contributed by atoms with Gasteiger partial charge in [-0.3, -0.25) is 14.3 Å². The van der Waals surface area contributed by atoms with E-state index in [0.29, 0.717) is 17.4 Å². The van der Waals surface area contributed by atoms with Crippen LogP contribution < -0.4 is 10.5 Å². The van der Waals surface area contributed by atoms with Gasteiger partial charge in [-0.15, -0.1) is 11.3 Å². The number of hydrogen-bond donors (Lipinski definition) is 0. The normalized spacial score (nSPS) is 20.1. The van der Waals surface area contributed by atoms with Crippen LogP contribution in [0.5, 0.6) is 0 Å². The summed E-state index contributed by atoms with van der Waals surface area (Å²) in [6, 6.07) is 13.1. The lowest BCUT2D eigenvalue weighted by atomic mass is 9.98. The number of fused-ring (bicyclic) bond motifs is 2. The topological polar surface area (TPSA) is 82.5 Å². The van der Waals surface area contributed by atoms with Crippen LogP contribution in [-0.2, 0) is 13.5 Å². The second-order valence-corrected chi connectivity index (χ2v) is 10.0. The Morgan fingerprint density at radius 1 is 1.26 bits per heavy atom. The standard InChI is InChI=1S/C25H29N7OS/c1-5-20-14-30(24-12-25(33)29(4)23-11-19(8-9-26)28-32(23)24)16(2)13-31(20)17(3)18-6-7-21-22(10-18)34-15-27-21/h6-7,10-12,15-17,20H,5,8,13-14H2,1-4H3/t16-,17+,20+/m0/s1. The Morgan fingerprint density at radius 3 is 2.85 bits per heavy atom. The summed E-state index contributed by atoms with van der Waals surface area (Å²) in [5, 5.41) is 13.8. The SMILES string of the molecule is CC[C@@H]1CN(c2cc(=O)n(C)c3cc(CC#N)nn23)[C@@H](C)CN1[C@H](C)c1ccc2ncsc2c1. The maximum atomic E-state index is 12.8. The van der Waals surface area contributed by atoms with Crippen molar-refractivity contribution < 1.29 is 0 Å². The number of aryl methyl sites for hydroxylation is 1. The van der Waals surface area contributed by atoms with Gasteiger partial charge in [0.1, 0.15) is 11.5 Å². The molecule has 9 heteroatoms. The fourth-order valence-electron chi connectivity index (χ4n) is 5.12. The lowest BCUT2D eigenvalue weighted by Crippen LogP contribution is -2.58. The van der Waals surface area contributed by atoms with Crippen molar-refractivity contribution in [1.82, 2.24) is 24.1 Å². The maximum absolute atomic E-state index is 12.8. The number of nitriles is 1. The maximum Gasteiger partial charge on any atom is 0.255 e. The number of anilines is 1. The summed E-state index contributed by atoms with van der Waals surface area (Å²) in [5.41, 5.74) is 5.57. The Balaban J connectivity index is 1.48. The van der Waals surface area contributed by atoms with Crippen molar-refractivity contribution in [2.45, 2.75) is 51.7 Å². The Hall–Kier alpha value is -3.22. The van der Waals surface area contributed by atoms with Crippen LogP contribution in [0.4, 0.5) is 5.82 Å². The van der Waals surface area contributed by atoms with Crippen molar-refractivity contribution >= 4 is 33.0 Å². The van der Waals surface area contributed by atoms with Crippen molar-refractivity contribution in [3.05, 3.63) is 57.5 Å². The van der Waals surface area contributed by atoms with Gasteiger partial charge in [-0.1, -0.05) is 13.0 Å². The van der Waals surface area contributed by atoms with E-state index in [2.05, 4.69) is 64.9 Å². The zero-order valence-electron chi connectivity index (χ0n) is 20.0. The molecule has 3 aromatic heterocycles. The number of piperazine rings is 1. The van der Waals surface area contributed by atoms with E-state index >= 15 is 0 Å². The monoisotopic (exact) mass is 475 g/mol. The minimum absolute atomic E-state index is 0.0696. The average Bonchev–Trinajstić information content (AvgIpc) is 3.48.